The van der Waals surface area contributed by atoms with Gasteiger partial charge in [0.1, 0.15) is 11.4 Å². The molecule has 0 bridgehead atoms. The molecule has 124 valence electrons. The number of carbonyl (C=O) groups excluding carboxylic acids is 1. The molecule has 0 radical (unpaired) electrons. The van der Waals surface area contributed by atoms with Crippen LogP contribution in [0.2, 0.25) is 0 Å². The summed E-state index contributed by atoms with van der Waals surface area (Å²) in [4.78, 5) is 23.9. The highest BCUT2D eigenvalue weighted by atomic mass is 32.1. The number of aryl methyl sites for hydroxylation is 2. The first-order chi connectivity index (χ1) is 11.1. The fourth-order valence-corrected chi connectivity index (χ4v) is 4.14. The Morgan fingerprint density at radius 3 is 2.74 bits per heavy atom. The van der Waals surface area contributed by atoms with E-state index in [1.54, 1.807) is 23.3 Å². The number of nitrogens with zero attached hydrogens (tertiary/aromatic N) is 4. The van der Waals surface area contributed by atoms with Gasteiger partial charge in [0, 0.05) is 19.4 Å². The minimum atomic E-state index is -0.0273. The van der Waals surface area contributed by atoms with Gasteiger partial charge in [0.05, 0.1) is 10.7 Å². The Morgan fingerprint density at radius 1 is 1.35 bits per heavy atom. The van der Waals surface area contributed by atoms with Crippen molar-refractivity contribution in [3.05, 3.63) is 27.3 Å². The first-order valence-corrected chi connectivity index (χ1v) is 8.94. The summed E-state index contributed by atoms with van der Waals surface area (Å²) in [5, 5.41) is 4.97. The van der Waals surface area contributed by atoms with Gasteiger partial charge in [0.15, 0.2) is 5.82 Å². The minimum Gasteiger partial charge on any atom is -0.337 e. The minimum absolute atomic E-state index is 0.0273. The maximum absolute atomic E-state index is 12.7. The molecule has 0 aliphatic heterocycles. The second-order valence-corrected chi connectivity index (χ2v) is 7.10. The third-order valence-corrected chi connectivity index (χ3v) is 5.57. The fraction of sp³-hybridized carbons (Fsp3) is 0.625. The van der Waals surface area contributed by atoms with Crippen molar-refractivity contribution in [3.8, 4) is 0 Å². The number of hydrogen-bond acceptors (Lipinski definition) is 6. The van der Waals surface area contributed by atoms with Gasteiger partial charge < -0.3 is 9.42 Å². The van der Waals surface area contributed by atoms with Gasteiger partial charge in [-0.2, -0.15) is 4.98 Å². The van der Waals surface area contributed by atoms with Gasteiger partial charge in [-0.25, -0.2) is 4.98 Å². The number of thiazole rings is 1. The lowest BCUT2D eigenvalue weighted by Gasteiger charge is -2.13. The lowest BCUT2D eigenvalue weighted by Crippen LogP contribution is -2.26. The molecule has 1 fully saturated rings. The van der Waals surface area contributed by atoms with Crippen LogP contribution in [0.25, 0.3) is 0 Å². The molecule has 0 N–H and O–H groups in total. The first kappa shape index (κ1) is 16.1. The number of hydrogen-bond donors (Lipinski definition) is 0. The third-order valence-electron chi connectivity index (χ3n) is 4.26. The van der Waals surface area contributed by atoms with E-state index in [0.29, 0.717) is 24.2 Å². The van der Waals surface area contributed by atoms with Gasteiger partial charge in [-0.3, -0.25) is 4.79 Å². The van der Waals surface area contributed by atoms with E-state index in [1.807, 2.05) is 13.8 Å². The van der Waals surface area contributed by atoms with E-state index < -0.39 is 0 Å². The number of carbonyl (C=O) groups is 1. The molecule has 2 aromatic heterocycles. The van der Waals surface area contributed by atoms with E-state index in [1.165, 1.54) is 25.7 Å². The van der Waals surface area contributed by atoms with E-state index in [9.17, 15) is 4.79 Å². The van der Waals surface area contributed by atoms with Crippen LogP contribution in [-0.4, -0.2) is 33.0 Å². The number of amides is 1. The molecule has 0 saturated heterocycles. The fourth-order valence-electron chi connectivity index (χ4n) is 2.91. The zero-order valence-corrected chi connectivity index (χ0v) is 14.7. The molecular weight excluding hydrogens is 312 g/mol. The molecule has 2 aromatic rings. The van der Waals surface area contributed by atoms with Crippen molar-refractivity contribution in [3.63, 3.8) is 0 Å². The van der Waals surface area contributed by atoms with Gasteiger partial charge in [-0.05, 0) is 19.8 Å². The molecule has 7 heteroatoms. The Bertz CT molecular complexity index is 688. The summed E-state index contributed by atoms with van der Waals surface area (Å²) in [6, 6.07) is 0. The van der Waals surface area contributed by atoms with Crippen LogP contribution in [0, 0.1) is 6.92 Å². The van der Waals surface area contributed by atoms with E-state index >= 15 is 0 Å². The topological polar surface area (TPSA) is 72.1 Å². The smallest absolute Gasteiger partial charge is 0.266 e. The van der Waals surface area contributed by atoms with Crippen molar-refractivity contribution >= 4 is 17.2 Å². The Balaban J connectivity index is 1.71. The summed E-state index contributed by atoms with van der Waals surface area (Å²) in [6.45, 7) is 4.20. The van der Waals surface area contributed by atoms with Crippen LogP contribution in [0.1, 0.15) is 70.6 Å². The molecule has 3 rings (SSSR count). The highest BCUT2D eigenvalue weighted by Gasteiger charge is 2.25. The SMILES string of the molecule is CCc1noc(CN(C)C(=O)c2sc(C3CCCC3)nc2C)n1. The van der Waals surface area contributed by atoms with Gasteiger partial charge in [-0.1, -0.05) is 24.9 Å². The molecule has 1 saturated carbocycles. The first-order valence-electron chi connectivity index (χ1n) is 8.12. The highest BCUT2D eigenvalue weighted by Crippen LogP contribution is 2.37. The summed E-state index contributed by atoms with van der Waals surface area (Å²) in [5.41, 5.74) is 0.827. The van der Waals surface area contributed by atoms with Crippen molar-refractivity contribution in [1.82, 2.24) is 20.0 Å². The lowest BCUT2D eigenvalue weighted by molar-refractivity contribution is 0.0773. The second-order valence-electron chi connectivity index (χ2n) is 6.07. The molecule has 2 heterocycles. The van der Waals surface area contributed by atoms with Gasteiger partial charge >= 0.3 is 0 Å². The molecule has 1 aliphatic carbocycles. The molecule has 0 aromatic carbocycles. The highest BCUT2D eigenvalue weighted by molar-refractivity contribution is 7.13. The molecule has 23 heavy (non-hydrogen) atoms. The summed E-state index contributed by atoms with van der Waals surface area (Å²) in [5.74, 6) is 1.64. The molecule has 0 unspecified atom stereocenters. The van der Waals surface area contributed by atoms with Crippen LogP contribution >= 0.6 is 11.3 Å². The summed E-state index contributed by atoms with van der Waals surface area (Å²) >= 11 is 1.54. The van der Waals surface area contributed by atoms with Crippen molar-refractivity contribution in [2.75, 3.05) is 7.05 Å². The molecule has 1 aliphatic rings. The molecule has 6 nitrogen and oxygen atoms in total. The quantitative estimate of drug-likeness (QED) is 0.838. The Morgan fingerprint density at radius 2 is 2.09 bits per heavy atom. The molecule has 0 spiro atoms. The predicted octanol–water partition coefficient (Wildman–Crippen LogP) is 3.33. The van der Waals surface area contributed by atoms with Crippen LogP contribution < -0.4 is 0 Å². The molecule has 0 atom stereocenters. The third kappa shape index (κ3) is 3.44. The predicted molar refractivity (Wildman–Crippen MR) is 87.5 cm³/mol. The van der Waals surface area contributed by atoms with Crippen molar-refractivity contribution in [2.24, 2.45) is 0 Å². The van der Waals surface area contributed by atoms with Crippen LogP contribution in [0.4, 0.5) is 0 Å². The van der Waals surface area contributed by atoms with Crippen LogP contribution in [0.5, 0.6) is 0 Å². The zero-order valence-electron chi connectivity index (χ0n) is 13.8. The van der Waals surface area contributed by atoms with Gasteiger partial charge in [0.2, 0.25) is 5.89 Å². The van der Waals surface area contributed by atoms with E-state index in [0.717, 1.165) is 22.0 Å². The maximum atomic E-state index is 12.7. The standard InChI is InChI=1S/C16H22N4O2S/c1-4-12-18-13(22-19-12)9-20(3)16(21)14-10(2)17-15(23-14)11-7-5-6-8-11/h11H,4-9H2,1-3H3. The Labute approximate surface area is 139 Å². The number of rotatable bonds is 5. The lowest BCUT2D eigenvalue weighted by atomic mass is 10.1. The van der Waals surface area contributed by atoms with Crippen molar-refractivity contribution < 1.29 is 9.32 Å². The van der Waals surface area contributed by atoms with Crippen LogP contribution in [0.15, 0.2) is 4.52 Å². The summed E-state index contributed by atoms with van der Waals surface area (Å²) in [6.07, 6.45) is 5.64. The van der Waals surface area contributed by atoms with Gasteiger partial charge in [-0.15, -0.1) is 11.3 Å². The largest absolute Gasteiger partial charge is 0.337 e. The van der Waals surface area contributed by atoms with E-state index in [-0.39, 0.29) is 5.91 Å². The summed E-state index contributed by atoms with van der Waals surface area (Å²) in [7, 11) is 1.76. The van der Waals surface area contributed by atoms with E-state index in [4.69, 9.17) is 4.52 Å². The summed E-state index contributed by atoms with van der Waals surface area (Å²) < 4.78 is 5.16. The monoisotopic (exact) mass is 334 g/mol. The number of aromatic nitrogens is 3. The zero-order chi connectivity index (χ0) is 16.4. The molecule has 1 amide bonds. The van der Waals surface area contributed by atoms with Crippen molar-refractivity contribution in [1.29, 1.82) is 0 Å². The van der Waals surface area contributed by atoms with Crippen LogP contribution in [0.3, 0.4) is 0 Å². The average molecular weight is 334 g/mol. The van der Waals surface area contributed by atoms with Crippen molar-refractivity contribution in [2.45, 2.75) is 58.4 Å². The average Bonchev–Trinajstić information content (AvgIpc) is 3.26. The Hall–Kier alpha value is -1.76. The van der Waals surface area contributed by atoms with Crippen LogP contribution in [-0.2, 0) is 13.0 Å². The van der Waals surface area contributed by atoms with E-state index in [2.05, 4.69) is 15.1 Å². The molecular formula is C16H22N4O2S. The maximum Gasteiger partial charge on any atom is 0.266 e. The van der Waals surface area contributed by atoms with Gasteiger partial charge in [0.25, 0.3) is 5.91 Å². The second kappa shape index (κ2) is 6.78. The Kier molecular flexibility index (Phi) is 4.75. The normalized spacial score (nSPS) is 15.3.